The van der Waals surface area contributed by atoms with Crippen LogP contribution in [0.1, 0.15) is 22.8 Å². The van der Waals surface area contributed by atoms with Gasteiger partial charge in [0.1, 0.15) is 18.1 Å². The van der Waals surface area contributed by atoms with E-state index in [1.807, 2.05) is 36.4 Å². The van der Waals surface area contributed by atoms with Crippen LogP contribution in [0.5, 0.6) is 11.5 Å². The predicted octanol–water partition coefficient (Wildman–Crippen LogP) is 3.91. The summed E-state index contributed by atoms with van der Waals surface area (Å²) in [5, 5.41) is 20.3. The number of phenolic OH excluding ortho intramolecular Hbond substituents is 1. The lowest BCUT2D eigenvalue weighted by molar-refractivity contribution is -0.0910. The van der Waals surface area contributed by atoms with Crippen LogP contribution < -0.4 is 10.2 Å². The van der Waals surface area contributed by atoms with Gasteiger partial charge in [-0.05, 0) is 35.7 Å². The lowest BCUT2D eigenvalue weighted by Crippen LogP contribution is -2.49. The molecule has 0 bridgehead atoms. The highest BCUT2D eigenvalue weighted by Gasteiger charge is 2.17. The minimum atomic E-state index is -0.423. The largest absolute Gasteiger partial charge is 0.506 e. The summed E-state index contributed by atoms with van der Waals surface area (Å²) in [5.74, 6) is 0.302. The summed E-state index contributed by atoms with van der Waals surface area (Å²) in [4.78, 5) is 12.3. The number of rotatable bonds is 9. The summed E-state index contributed by atoms with van der Waals surface area (Å²) >= 11 is 5.88. The van der Waals surface area contributed by atoms with Crippen molar-refractivity contribution in [2.24, 2.45) is 5.10 Å². The Morgan fingerprint density at radius 3 is 2.71 bits per heavy atom. The van der Waals surface area contributed by atoms with Gasteiger partial charge >= 0.3 is 0 Å². The Kier molecular flexibility index (Phi) is 8.54. The van der Waals surface area contributed by atoms with Gasteiger partial charge in [-0.3, -0.25) is 4.79 Å². The smallest absolute Gasteiger partial charge is 0.271 e. The van der Waals surface area contributed by atoms with Gasteiger partial charge in [0, 0.05) is 42.7 Å². The number of carbonyl (C=O) groups excluding carboxylic acids is 1. The van der Waals surface area contributed by atoms with E-state index < -0.39 is 5.91 Å². The van der Waals surface area contributed by atoms with Crippen molar-refractivity contribution < 1.29 is 19.4 Å². The topological polar surface area (TPSA) is 86.6 Å². The van der Waals surface area contributed by atoms with E-state index in [4.69, 9.17) is 21.1 Å². The molecule has 0 atom stereocenters. The molecule has 0 spiro atoms. The third kappa shape index (κ3) is 6.29. The number of morpholine rings is 1. The Labute approximate surface area is 209 Å². The predicted molar refractivity (Wildman–Crippen MR) is 137 cm³/mol. The molecule has 0 aromatic heterocycles. The van der Waals surface area contributed by atoms with Crippen molar-refractivity contribution >= 4 is 34.5 Å². The van der Waals surface area contributed by atoms with Crippen molar-refractivity contribution in [2.75, 3.05) is 46.0 Å². The molecule has 8 nitrogen and oxygen atoms in total. The second kappa shape index (κ2) is 12.0. The van der Waals surface area contributed by atoms with Gasteiger partial charge in [0.15, 0.2) is 0 Å². The molecule has 35 heavy (non-hydrogen) atoms. The Hall–Kier alpha value is -3.17. The van der Waals surface area contributed by atoms with Gasteiger partial charge in [-0.25, -0.2) is 15.4 Å². The fourth-order valence-electron chi connectivity index (χ4n) is 4.00. The number of hydrazine groups is 1. The lowest BCUT2D eigenvalue weighted by Gasteiger charge is -2.36. The molecule has 1 amide bonds. The molecule has 0 radical (unpaired) electrons. The van der Waals surface area contributed by atoms with Crippen LogP contribution in [0.15, 0.2) is 59.7 Å². The second-order valence-electron chi connectivity index (χ2n) is 8.02. The first-order chi connectivity index (χ1) is 17.1. The minimum absolute atomic E-state index is 0.0796. The highest BCUT2D eigenvalue weighted by molar-refractivity contribution is 6.32. The first kappa shape index (κ1) is 24.9. The fraction of sp³-hybridized carbons (Fsp3) is 0.308. The number of halogens is 1. The van der Waals surface area contributed by atoms with Gasteiger partial charge in [0.05, 0.1) is 24.5 Å². The molecule has 1 aliphatic rings. The van der Waals surface area contributed by atoms with Crippen molar-refractivity contribution in [3.63, 3.8) is 0 Å². The minimum Gasteiger partial charge on any atom is -0.506 e. The van der Waals surface area contributed by atoms with Gasteiger partial charge in [-0.15, -0.1) is 0 Å². The zero-order valence-corrected chi connectivity index (χ0v) is 20.4. The van der Waals surface area contributed by atoms with Crippen molar-refractivity contribution in [1.29, 1.82) is 0 Å². The summed E-state index contributed by atoms with van der Waals surface area (Å²) in [7, 11) is 0. The van der Waals surface area contributed by atoms with Crippen LogP contribution in [0.2, 0.25) is 5.02 Å². The molecule has 3 aromatic rings. The number of likely N-dealkylation sites (N-methyl/N-ethyl adjacent to an activating group) is 1. The summed E-state index contributed by atoms with van der Waals surface area (Å²) < 4.78 is 11.6. The van der Waals surface area contributed by atoms with E-state index in [0.29, 0.717) is 12.2 Å². The Morgan fingerprint density at radius 1 is 1.20 bits per heavy atom. The van der Waals surface area contributed by atoms with E-state index in [1.54, 1.807) is 6.21 Å². The molecular formula is C26H29ClN4O4. The number of phenols is 1. The van der Waals surface area contributed by atoms with E-state index in [9.17, 15) is 9.90 Å². The monoisotopic (exact) mass is 496 g/mol. The summed E-state index contributed by atoms with van der Waals surface area (Å²) in [5.41, 5.74) is 3.65. The second-order valence-corrected chi connectivity index (χ2v) is 8.43. The molecule has 0 aliphatic carbocycles. The number of hydrazone groups is 1. The number of ether oxygens (including phenoxy) is 2. The fourth-order valence-corrected chi connectivity index (χ4v) is 4.18. The molecular weight excluding hydrogens is 468 g/mol. The quantitative estimate of drug-likeness (QED) is 0.345. The van der Waals surface area contributed by atoms with E-state index in [2.05, 4.69) is 27.5 Å². The molecule has 4 rings (SSSR count). The van der Waals surface area contributed by atoms with Gasteiger partial charge in [0.25, 0.3) is 5.91 Å². The highest BCUT2D eigenvalue weighted by atomic mass is 35.5. The highest BCUT2D eigenvalue weighted by Crippen LogP contribution is 2.28. The third-order valence-corrected chi connectivity index (χ3v) is 6.16. The van der Waals surface area contributed by atoms with Crippen molar-refractivity contribution in [3.05, 3.63) is 70.7 Å². The first-order valence-electron chi connectivity index (χ1n) is 11.6. The summed E-state index contributed by atoms with van der Waals surface area (Å²) in [6, 6.07) is 16.0. The number of aromatic hydroxyl groups is 1. The van der Waals surface area contributed by atoms with Gasteiger partial charge in [-0.2, -0.15) is 5.10 Å². The molecule has 1 aliphatic heterocycles. The van der Waals surface area contributed by atoms with Crippen molar-refractivity contribution in [3.8, 4) is 11.5 Å². The molecule has 184 valence electrons. The first-order valence-corrected chi connectivity index (χ1v) is 12.0. The third-order valence-electron chi connectivity index (χ3n) is 5.86. The number of amides is 1. The zero-order valence-electron chi connectivity index (χ0n) is 19.6. The van der Waals surface area contributed by atoms with E-state index >= 15 is 0 Å². The number of hydrogen-bond donors (Lipinski definition) is 2. The average molecular weight is 497 g/mol. The average Bonchev–Trinajstić information content (AvgIpc) is 2.89. The van der Waals surface area contributed by atoms with Crippen LogP contribution in [0.25, 0.3) is 10.8 Å². The molecule has 1 heterocycles. The van der Waals surface area contributed by atoms with E-state index in [1.165, 1.54) is 18.2 Å². The van der Waals surface area contributed by atoms with Crippen LogP contribution in [0.4, 0.5) is 0 Å². The number of fused-ring (bicyclic) bond motifs is 1. The van der Waals surface area contributed by atoms with E-state index in [-0.39, 0.29) is 10.8 Å². The molecule has 1 saturated heterocycles. The maximum atomic E-state index is 12.3. The Bertz CT molecular complexity index is 1200. The maximum Gasteiger partial charge on any atom is 0.271 e. The van der Waals surface area contributed by atoms with Gasteiger partial charge < -0.3 is 14.6 Å². The van der Waals surface area contributed by atoms with E-state index in [0.717, 1.165) is 61.5 Å². The molecule has 1 fully saturated rings. The van der Waals surface area contributed by atoms with Crippen molar-refractivity contribution in [1.82, 2.24) is 15.4 Å². The van der Waals surface area contributed by atoms with Crippen LogP contribution in [0, 0.1) is 0 Å². The number of hydrogen-bond acceptors (Lipinski definition) is 7. The standard InChI is InChI=1S/C26H29ClN4O4/c1-2-30(31-11-14-34-15-12-31)13-16-35-25-10-8-20(21-5-3-4-6-22(21)25)18-28-29-26(33)19-7-9-24(32)23(27)17-19/h3-10,17-18,32H,2,11-16H2,1H3,(H,29,33). The molecule has 0 unspecified atom stereocenters. The van der Waals surface area contributed by atoms with Gasteiger partial charge in [-0.1, -0.05) is 42.8 Å². The molecule has 2 N–H and O–H groups in total. The Morgan fingerprint density at radius 2 is 1.97 bits per heavy atom. The maximum absolute atomic E-state index is 12.3. The van der Waals surface area contributed by atoms with Crippen LogP contribution in [-0.2, 0) is 4.74 Å². The van der Waals surface area contributed by atoms with Gasteiger partial charge in [0.2, 0.25) is 0 Å². The lowest BCUT2D eigenvalue weighted by atomic mass is 10.0. The van der Waals surface area contributed by atoms with Crippen LogP contribution in [-0.4, -0.2) is 73.2 Å². The SMILES string of the molecule is CCN(CCOc1ccc(C=NNC(=O)c2ccc(O)c(Cl)c2)c2ccccc12)N1CCOCC1. The van der Waals surface area contributed by atoms with Crippen molar-refractivity contribution in [2.45, 2.75) is 6.92 Å². The molecule has 0 saturated carbocycles. The zero-order chi connectivity index (χ0) is 24.6. The molecule has 3 aromatic carbocycles. The number of nitrogens with one attached hydrogen (secondary N) is 1. The Balaban J connectivity index is 1.41. The normalized spacial score (nSPS) is 14.6. The summed E-state index contributed by atoms with van der Waals surface area (Å²) in [6.07, 6.45) is 1.60. The number of carbonyl (C=O) groups is 1. The van der Waals surface area contributed by atoms with Crippen LogP contribution >= 0.6 is 11.6 Å². The van der Waals surface area contributed by atoms with Crippen LogP contribution in [0.3, 0.4) is 0 Å². The molecule has 9 heteroatoms. The summed E-state index contributed by atoms with van der Waals surface area (Å²) in [6.45, 7) is 7.75. The number of nitrogens with zero attached hydrogens (tertiary/aromatic N) is 3. The number of benzene rings is 3.